The highest BCUT2D eigenvalue weighted by Crippen LogP contribution is 2.16. The third-order valence-corrected chi connectivity index (χ3v) is 4.21. The topological polar surface area (TPSA) is 12.0 Å². The lowest BCUT2D eigenvalue weighted by Crippen LogP contribution is -2.21. The van der Waals surface area contributed by atoms with Crippen LogP contribution in [0.3, 0.4) is 0 Å². The van der Waals surface area contributed by atoms with E-state index in [1.54, 1.807) is 0 Å². The quantitative estimate of drug-likeness (QED) is 0.560. The molecular formula is C22H29N. The fourth-order valence-corrected chi connectivity index (χ4v) is 2.74. The zero-order chi connectivity index (χ0) is 16.3. The molecule has 2 aromatic carbocycles. The van der Waals surface area contributed by atoms with E-state index in [1.807, 2.05) is 0 Å². The molecule has 0 saturated carbocycles. The molecule has 2 aromatic rings. The van der Waals surface area contributed by atoms with Gasteiger partial charge in [0.2, 0.25) is 0 Å². The molecule has 0 aliphatic carbocycles. The van der Waals surface area contributed by atoms with Crippen molar-refractivity contribution >= 4 is 6.08 Å². The Kier molecular flexibility index (Phi) is 7.62. The average molecular weight is 307 g/mol. The molecule has 0 bridgehead atoms. The molecule has 23 heavy (non-hydrogen) atoms. The fourth-order valence-electron chi connectivity index (χ4n) is 2.74. The lowest BCUT2D eigenvalue weighted by Gasteiger charge is -2.16. The molecule has 0 spiro atoms. The normalized spacial score (nSPS) is 13.0. The fraction of sp³-hybridized carbons (Fsp3) is 0.364. The zero-order valence-electron chi connectivity index (χ0n) is 14.5. The van der Waals surface area contributed by atoms with E-state index in [-0.39, 0.29) is 0 Å². The molecule has 0 fully saturated rings. The minimum Gasteiger partial charge on any atom is -0.306 e. The monoisotopic (exact) mass is 307 g/mol. The van der Waals surface area contributed by atoms with E-state index >= 15 is 0 Å². The summed E-state index contributed by atoms with van der Waals surface area (Å²) in [5.41, 5.74) is 4.14. The van der Waals surface area contributed by atoms with Crippen LogP contribution in [-0.2, 0) is 0 Å². The van der Waals surface area contributed by atoms with E-state index in [9.17, 15) is 0 Å². The van der Waals surface area contributed by atoms with Crippen LogP contribution in [0.15, 0.2) is 66.2 Å². The van der Waals surface area contributed by atoms with Gasteiger partial charge in [-0.15, -0.1) is 0 Å². The van der Waals surface area contributed by atoms with Crippen LogP contribution < -0.4 is 5.32 Å². The molecule has 2 rings (SSSR count). The van der Waals surface area contributed by atoms with Gasteiger partial charge >= 0.3 is 0 Å². The molecule has 0 radical (unpaired) electrons. The molecule has 0 aliphatic heterocycles. The molecule has 1 heteroatoms. The van der Waals surface area contributed by atoms with Crippen molar-refractivity contribution in [3.05, 3.63) is 77.4 Å². The van der Waals surface area contributed by atoms with Crippen LogP contribution in [0.4, 0.5) is 0 Å². The van der Waals surface area contributed by atoms with Crippen LogP contribution in [0, 0.1) is 0 Å². The van der Waals surface area contributed by atoms with Gasteiger partial charge in [0, 0.05) is 12.6 Å². The maximum Gasteiger partial charge on any atom is 0.0294 e. The molecule has 1 nitrogen and oxygen atoms in total. The highest BCUT2D eigenvalue weighted by Gasteiger charge is 2.05. The Morgan fingerprint density at radius 2 is 1.61 bits per heavy atom. The van der Waals surface area contributed by atoms with Crippen LogP contribution in [0.1, 0.15) is 56.7 Å². The standard InChI is InChI=1S/C22H29N/c1-3-4-7-14-21(17-20-12-8-5-9-13-20)18-23-19(2)22-15-10-6-11-16-22/h5-6,8-13,15-17,19,23H,3-4,7,14,18H2,1-2H3. The van der Waals surface area contributed by atoms with Gasteiger partial charge in [0.05, 0.1) is 0 Å². The van der Waals surface area contributed by atoms with Crippen molar-refractivity contribution in [1.29, 1.82) is 0 Å². The SMILES string of the molecule is CCCCCC(=Cc1ccccc1)CNC(C)c1ccccc1. The van der Waals surface area contributed by atoms with E-state index in [0.29, 0.717) is 6.04 Å². The van der Waals surface area contributed by atoms with Gasteiger partial charge in [-0.3, -0.25) is 0 Å². The lowest BCUT2D eigenvalue weighted by molar-refractivity contribution is 0.592. The Bertz CT molecular complexity index is 571. The number of unbranched alkanes of at least 4 members (excludes halogenated alkanes) is 2. The summed E-state index contributed by atoms with van der Waals surface area (Å²) in [6.45, 7) is 5.45. The molecule has 1 atom stereocenters. The van der Waals surface area contributed by atoms with Gasteiger partial charge in [-0.1, -0.05) is 92.1 Å². The van der Waals surface area contributed by atoms with Crippen molar-refractivity contribution < 1.29 is 0 Å². The van der Waals surface area contributed by atoms with Crippen molar-refractivity contribution in [3.63, 3.8) is 0 Å². The summed E-state index contributed by atoms with van der Waals surface area (Å²) in [6.07, 6.45) is 7.38. The van der Waals surface area contributed by atoms with Gasteiger partial charge < -0.3 is 5.32 Å². The summed E-state index contributed by atoms with van der Waals surface area (Å²) < 4.78 is 0. The summed E-state index contributed by atoms with van der Waals surface area (Å²) in [4.78, 5) is 0. The van der Waals surface area contributed by atoms with E-state index in [1.165, 1.54) is 42.4 Å². The summed E-state index contributed by atoms with van der Waals surface area (Å²) in [6, 6.07) is 21.7. The van der Waals surface area contributed by atoms with Crippen molar-refractivity contribution in [2.45, 2.75) is 45.6 Å². The lowest BCUT2D eigenvalue weighted by atomic mass is 10.0. The summed E-state index contributed by atoms with van der Waals surface area (Å²) in [7, 11) is 0. The first-order valence-electron chi connectivity index (χ1n) is 8.82. The largest absolute Gasteiger partial charge is 0.306 e. The predicted molar refractivity (Wildman–Crippen MR) is 101 cm³/mol. The van der Waals surface area contributed by atoms with Crippen molar-refractivity contribution in [2.75, 3.05) is 6.54 Å². The second-order valence-corrected chi connectivity index (χ2v) is 6.18. The predicted octanol–water partition coefficient (Wildman–Crippen LogP) is 6.00. The van der Waals surface area contributed by atoms with Crippen LogP contribution in [0.5, 0.6) is 0 Å². The van der Waals surface area contributed by atoms with Gasteiger partial charge in [0.25, 0.3) is 0 Å². The Morgan fingerprint density at radius 1 is 0.957 bits per heavy atom. The number of hydrogen-bond acceptors (Lipinski definition) is 1. The molecule has 0 saturated heterocycles. The van der Waals surface area contributed by atoms with Gasteiger partial charge in [0.15, 0.2) is 0 Å². The van der Waals surface area contributed by atoms with E-state index in [4.69, 9.17) is 0 Å². The highest BCUT2D eigenvalue weighted by atomic mass is 14.9. The zero-order valence-corrected chi connectivity index (χ0v) is 14.5. The van der Waals surface area contributed by atoms with Gasteiger partial charge in [-0.25, -0.2) is 0 Å². The average Bonchev–Trinajstić information content (AvgIpc) is 2.61. The molecule has 0 amide bonds. The minimum absolute atomic E-state index is 0.376. The van der Waals surface area contributed by atoms with E-state index in [2.05, 4.69) is 85.9 Å². The second-order valence-electron chi connectivity index (χ2n) is 6.18. The smallest absolute Gasteiger partial charge is 0.0294 e. The van der Waals surface area contributed by atoms with Crippen LogP contribution in [0.2, 0.25) is 0 Å². The van der Waals surface area contributed by atoms with Crippen molar-refractivity contribution in [3.8, 4) is 0 Å². The third-order valence-electron chi connectivity index (χ3n) is 4.21. The Balaban J connectivity index is 1.98. The molecule has 0 aliphatic rings. The van der Waals surface area contributed by atoms with Gasteiger partial charge in [0.1, 0.15) is 0 Å². The molecule has 0 heterocycles. The van der Waals surface area contributed by atoms with Crippen molar-refractivity contribution in [2.24, 2.45) is 0 Å². The molecule has 0 aromatic heterocycles. The van der Waals surface area contributed by atoms with Gasteiger partial charge in [-0.05, 0) is 30.9 Å². The molecule has 1 unspecified atom stereocenters. The van der Waals surface area contributed by atoms with E-state index < -0.39 is 0 Å². The summed E-state index contributed by atoms with van der Waals surface area (Å²) in [5, 5.41) is 3.68. The second kappa shape index (κ2) is 10.0. The first-order chi connectivity index (χ1) is 11.3. The number of benzene rings is 2. The van der Waals surface area contributed by atoms with Crippen LogP contribution in [-0.4, -0.2) is 6.54 Å². The molecule has 1 N–H and O–H groups in total. The first kappa shape index (κ1) is 17.5. The third kappa shape index (κ3) is 6.42. The summed E-state index contributed by atoms with van der Waals surface area (Å²) >= 11 is 0. The molecular weight excluding hydrogens is 278 g/mol. The number of nitrogens with one attached hydrogen (secondary N) is 1. The Labute approximate surface area is 141 Å². The Hall–Kier alpha value is -1.86. The highest BCUT2D eigenvalue weighted by molar-refractivity contribution is 5.53. The van der Waals surface area contributed by atoms with Crippen LogP contribution in [0.25, 0.3) is 6.08 Å². The number of rotatable bonds is 9. The maximum absolute atomic E-state index is 3.68. The maximum atomic E-state index is 3.68. The first-order valence-corrected chi connectivity index (χ1v) is 8.82. The van der Waals surface area contributed by atoms with Crippen LogP contribution >= 0.6 is 0 Å². The summed E-state index contributed by atoms with van der Waals surface area (Å²) in [5.74, 6) is 0. The van der Waals surface area contributed by atoms with Gasteiger partial charge in [-0.2, -0.15) is 0 Å². The van der Waals surface area contributed by atoms with Crippen molar-refractivity contribution in [1.82, 2.24) is 5.32 Å². The minimum atomic E-state index is 0.376. The van der Waals surface area contributed by atoms with E-state index in [0.717, 1.165) is 6.54 Å². The molecule has 122 valence electrons. The number of hydrogen-bond donors (Lipinski definition) is 1. The Morgan fingerprint density at radius 3 is 2.26 bits per heavy atom.